The van der Waals surface area contributed by atoms with Crippen LogP contribution in [0.4, 0.5) is 11.4 Å². The van der Waals surface area contributed by atoms with Gasteiger partial charge in [0, 0.05) is 23.0 Å². The Hall–Kier alpha value is -1.07. The van der Waals surface area contributed by atoms with Gasteiger partial charge < -0.3 is 15.8 Å². The average molecular weight is 287 g/mol. The predicted octanol–water partition coefficient (Wildman–Crippen LogP) is 2.39. The van der Waals surface area contributed by atoms with E-state index in [1.807, 2.05) is 0 Å². The zero-order valence-electron chi connectivity index (χ0n) is 9.50. The average Bonchev–Trinajstić information content (AvgIpc) is 2.23. The van der Waals surface area contributed by atoms with E-state index in [1.165, 1.54) is 7.11 Å². The maximum atomic E-state index is 11.8. The first-order chi connectivity index (χ1) is 7.36. The SMILES string of the molecule is COC(C)(C)C(=O)Nc1ccc(Br)c(N)c1. The summed E-state index contributed by atoms with van der Waals surface area (Å²) in [7, 11) is 1.50. The molecule has 0 unspecified atom stereocenters. The summed E-state index contributed by atoms with van der Waals surface area (Å²) < 4.78 is 5.88. The largest absolute Gasteiger partial charge is 0.398 e. The first kappa shape index (κ1) is 13.0. The molecule has 88 valence electrons. The highest BCUT2D eigenvalue weighted by Crippen LogP contribution is 2.23. The summed E-state index contributed by atoms with van der Waals surface area (Å²) in [6, 6.07) is 5.24. The Bertz CT molecular complexity index is 405. The van der Waals surface area contributed by atoms with E-state index in [-0.39, 0.29) is 5.91 Å². The monoisotopic (exact) mass is 286 g/mol. The van der Waals surface area contributed by atoms with Crippen molar-refractivity contribution in [1.82, 2.24) is 0 Å². The molecule has 0 spiro atoms. The standard InChI is InChI=1S/C11H15BrN2O2/c1-11(2,16-3)10(15)14-7-4-5-8(12)9(13)6-7/h4-6H,13H2,1-3H3,(H,14,15). The number of methoxy groups -OCH3 is 1. The highest BCUT2D eigenvalue weighted by Gasteiger charge is 2.26. The van der Waals surface area contributed by atoms with Gasteiger partial charge in [-0.05, 0) is 48.0 Å². The van der Waals surface area contributed by atoms with Crippen molar-refractivity contribution in [1.29, 1.82) is 0 Å². The molecule has 1 rings (SSSR count). The molecule has 0 saturated carbocycles. The van der Waals surface area contributed by atoms with Crippen molar-refractivity contribution >= 4 is 33.2 Å². The van der Waals surface area contributed by atoms with Crippen molar-refractivity contribution < 1.29 is 9.53 Å². The fraction of sp³-hybridized carbons (Fsp3) is 0.364. The van der Waals surface area contributed by atoms with Crippen LogP contribution in [-0.2, 0) is 9.53 Å². The Balaban J connectivity index is 2.82. The van der Waals surface area contributed by atoms with E-state index in [4.69, 9.17) is 10.5 Å². The number of amides is 1. The maximum Gasteiger partial charge on any atom is 0.256 e. The van der Waals surface area contributed by atoms with Crippen LogP contribution < -0.4 is 11.1 Å². The fourth-order valence-corrected chi connectivity index (χ4v) is 1.24. The molecule has 0 aliphatic rings. The number of nitrogen functional groups attached to an aromatic ring is 1. The third-order valence-corrected chi connectivity index (χ3v) is 3.03. The van der Waals surface area contributed by atoms with Gasteiger partial charge in [-0.3, -0.25) is 4.79 Å². The van der Waals surface area contributed by atoms with Gasteiger partial charge in [-0.1, -0.05) is 0 Å². The highest BCUT2D eigenvalue weighted by molar-refractivity contribution is 9.10. The van der Waals surface area contributed by atoms with Crippen molar-refractivity contribution in [2.45, 2.75) is 19.4 Å². The Morgan fingerprint density at radius 1 is 1.50 bits per heavy atom. The summed E-state index contributed by atoms with van der Waals surface area (Å²) in [6.45, 7) is 3.40. The van der Waals surface area contributed by atoms with Crippen molar-refractivity contribution in [2.75, 3.05) is 18.2 Å². The van der Waals surface area contributed by atoms with Crippen LogP contribution in [0.5, 0.6) is 0 Å². The molecule has 0 aromatic heterocycles. The minimum atomic E-state index is -0.859. The number of benzene rings is 1. The molecule has 0 bridgehead atoms. The zero-order chi connectivity index (χ0) is 12.3. The van der Waals surface area contributed by atoms with E-state index in [2.05, 4.69) is 21.2 Å². The summed E-state index contributed by atoms with van der Waals surface area (Å²) in [5.74, 6) is -0.211. The quantitative estimate of drug-likeness (QED) is 0.839. The van der Waals surface area contributed by atoms with Crippen LogP contribution in [0.1, 0.15) is 13.8 Å². The molecule has 5 heteroatoms. The van der Waals surface area contributed by atoms with Crippen LogP contribution in [-0.4, -0.2) is 18.6 Å². The molecule has 0 atom stereocenters. The Kier molecular flexibility index (Phi) is 3.93. The smallest absolute Gasteiger partial charge is 0.256 e. The molecule has 4 nitrogen and oxygen atoms in total. The molecular formula is C11H15BrN2O2. The molecule has 0 fully saturated rings. The molecule has 0 saturated heterocycles. The first-order valence-corrected chi connectivity index (χ1v) is 5.58. The van der Waals surface area contributed by atoms with Crippen LogP contribution in [0, 0.1) is 0 Å². The number of hydrogen-bond donors (Lipinski definition) is 2. The van der Waals surface area contributed by atoms with E-state index in [0.717, 1.165) is 4.47 Å². The molecule has 0 radical (unpaired) electrons. The summed E-state index contributed by atoms with van der Waals surface area (Å²) in [4.78, 5) is 11.8. The van der Waals surface area contributed by atoms with Gasteiger partial charge in [0.2, 0.25) is 0 Å². The van der Waals surface area contributed by atoms with Gasteiger partial charge in [0.15, 0.2) is 0 Å². The summed E-state index contributed by atoms with van der Waals surface area (Å²) in [6.07, 6.45) is 0. The molecule has 3 N–H and O–H groups in total. The molecule has 0 aliphatic heterocycles. The van der Waals surface area contributed by atoms with E-state index >= 15 is 0 Å². The lowest BCUT2D eigenvalue weighted by Crippen LogP contribution is -2.38. The third-order valence-electron chi connectivity index (χ3n) is 2.31. The van der Waals surface area contributed by atoms with E-state index in [9.17, 15) is 4.79 Å². The van der Waals surface area contributed by atoms with Crippen molar-refractivity contribution in [2.24, 2.45) is 0 Å². The first-order valence-electron chi connectivity index (χ1n) is 4.78. The molecule has 1 aromatic rings. The van der Waals surface area contributed by atoms with Gasteiger partial charge in [-0.2, -0.15) is 0 Å². The highest BCUT2D eigenvalue weighted by atomic mass is 79.9. The van der Waals surface area contributed by atoms with Gasteiger partial charge in [0.05, 0.1) is 0 Å². The third kappa shape index (κ3) is 2.96. The number of ether oxygens (including phenoxy) is 1. The van der Waals surface area contributed by atoms with E-state index in [0.29, 0.717) is 11.4 Å². The summed E-state index contributed by atoms with van der Waals surface area (Å²) >= 11 is 3.29. The molecule has 1 aromatic carbocycles. The predicted molar refractivity (Wildman–Crippen MR) is 68.3 cm³/mol. The van der Waals surface area contributed by atoms with Gasteiger partial charge in [-0.25, -0.2) is 0 Å². The lowest BCUT2D eigenvalue weighted by molar-refractivity contribution is -0.133. The Morgan fingerprint density at radius 3 is 2.62 bits per heavy atom. The maximum absolute atomic E-state index is 11.8. The lowest BCUT2D eigenvalue weighted by atomic mass is 10.1. The van der Waals surface area contributed by atoms with Gasteiger partial charge in [0.1, 0.15) is 5.60 Å². The normalized spacial score (nSPS) is 11.2. The molecule has 0 heterocycles. The van der Waals surface area contributed by atoms with Crippen LogP contribution in [0.25, 0.3) is 0 Å². The second-order valence-electron chi connectivity index (χ2n) is 3.90. The van der Waals surface area contributed by atoms with Crippen LogP contribution >= 0.6 is 15.9 Å². The molecule has 0 aliphatic carbocycles. The van der Waals surface area contributed by atoms with Gasteiger partial charge >= 0.3 is 0 Å². The fourth-order valence-electron chi connectivity index (χ4n) is 0.996. The molecule has 1 amide bonds. The Morgan fingerprint density at radius 2 is 2.12 bits per heavy atom. The minimum Gasteiger partial charge on any atom is -0.398 e. The van der Waals surface area contributed by atoms with Gasteiger partial charge in [0.25, 0.3) is 5.91 Å². The molecule has 16 heavy (non-hydrogen) atoms. The van der Waals surface area contributed by atoms with E-state index < -0.39 is 5.60 Å². The number of carbonyl (C=O) groups excluding carboxylic acids is 1. The van der Waals surface area contributed by atoms with Crippen LogP contribution in [0.2, 0.25) is 0 Å². The van der Waals surface area contributed by atoms with Gasteiger partial charge in [-0.15, -0.1) is 0 Å². The molecular weight excluding hydrogens is 272 g/mol. The van der Waals surface area contributed by atoms with Crippen LogP contribution in [0.3, 0.4) is 0 Å². The number of anilines is 2. The number of rotatable bonds is 3. The second kappa shape index (κ2) is 4.84. The van der Waals surface area contributed by atoms with Crippen molar-refractivity contribution in [3.05, 3.63) is 22.7 Å². The van der Waals surface area contributed by atoms with E-state index in [1.54, 1.807) is 32.0 Å². The lowest BCUT2D eigenvalue weighted by Gasteiger charge is -2.21. The van der Waals surface area contributed by atoms with Crippen LogP contribution in [0.15, 0.2) is 22.7 Å². The topological polar surface area (TPSA) is 64.3 Å². The number of nitrogens with one attached hydrogen (secondary N) is 1. The number of carbonyl (C=O) groups is 1. The summed E-state index contributed by atoms with van der Waals surface area (Å²) in [5, 5.41) is 2.74. The number of nitrogens with two attached hydrogens (primary N) is 1. The number of hydrogen-bond acceptors (Lipinski definition) is 3. The number of halogens is 1. The van der Waals surface area contributed by atoms with Crippen molar-refractivity contribution in [3.8, 4) is 0 Å². The van der Waals surface area contributed by atoms with Crippen molar-refractivity contribution in [3.63, 3.8) is 0 Å². The summed E-state index contributed by atoms with van der Waals surface area (Å²) in [5.41, 5.74) is 6.07. The zero-order valence-corrected chi connectivity index (χ0v) is 11.1. The minimum absolute atomic E-state index is 0.211. The second-order valence-corrected chi connectivity index (χ2v) is 4.76. The Labute approximate surface area is 103 Å².